The minimum Gasteiger partial charge on any atom is -0.394 e. The van der Waals surface area contributed by atoms with Crippen molar-refractivity contribution in [1.82, 2.24) is 5.32 Å². The molecule has 1 aliphatic heterocycles. The molecule has 9 heteroatoms. The first kappa shape index (κ1) is 42.7. The predicted octanol–water partition coefficient (Wildman–Crippen LogP) is 5.99. The highest BCUT2D eigenvalue weighted by molar-refractivity contribution is 5.76. The van der Waals surface area contributed by atoms with Gasteiger partial charge in [-0.05, 0) is 32.1 Å². The molecule has 0 bridgehead atoms. The highest BCUT2D eigenvalue weighted by atomic mass is 16.7. The Morgan fingerprint density at radius 1 is 0.717 bits per heavy atom. The van der Waals surface area contributed by atoms with Gasteiger partial charge in [0.25, 0.3) is 0 Å². The lowest BCUT2D eigenvalue weighted by atomic mass is 9.99. The van der Waals surface area contributed by atoms with Gasteiger partial charge in [0.2, 0.25) is 5.91 Å². The zero-order valence-corrected chi connectivity index (χ0v) is 29.1. The second-order valence-corrected chi connectivity index (χ2v) is 13.0. The monoisotopic (exact) mass is 656 g/mol. The summed E-state index contributed by atoms with van der Waals surface area (Å²) in [6.45, 7) is 3.49. The molecule has 9 nitrogen and oxygen atoms in total. The average Bonchev–Trinajstić information content (AvgIpc) is 3.05. The van der Waals surface area contributed by atoms with Gasteiger partial charge in [0.15, 0.2) is 6.29 Å². The molecule has 1 amide bonds. The summed E-state index contributed by atoms with van der Waals surface area (Å²) >= 11 is 0. The van der Waals surface area contributed by atoms with Crippen LogP contribution in [0.1, 0.15) is 149 Å². The van der Waals surface area contributed by atoms with Crippen LogP contribution < -0.4 is 5.32 Å². The van der Waals surface area contributed by atoms with Gasteiger partial charge >= 0.3 is 0 Å². The molecule has 1 fully saturated rings. The first-order valence-corrected chi connectivity index (χ1v) is 18.6. The Kier molecular flexibility index (Phi) is 26.6. The number of unbranched alkanes of at least 4 members (excludes halogenated alkanes) is 17. The minimum absolute atomic E-state index is 0.203. The van der Waals surface area contributed by atoms with E-state index in [1.807, 2.05) is 13.0 Å². The summed E-state index contributed by atoms with van der Waals surface area (Å²) in [6, 6.07) is -0.811. The van der Waals surface area contributed by atoms with E-state index >= 15 is 0 Å². The fraction of sp³-hybridized carbons (Fsp3) is 0.865. The highest BCUT2D eigenvalue weighted by Gasteiger charge is 2.44. The minimum atomic E-state index is -1.56. The molecule has 0 aromatic heterocycles. The fourth-order valence-electron chi connectivity index (χ4n) is 5.68. The fourth-order valence-corrected chi connectivity index (χ4v) is 5.68. The van der Waals surface area contributed by atoms with Crippen molar-refractivity contribution in [2.24, 2.45) is 0 Å². The summed E-state index contributed by atoms with van der Waals surface area (Å²) in [5.41, 5.74) is 0. The maximum atomic E-state index is 12.4. The Balaban J connectivity index is 2.24. The van der Waals surface area contributed by atoms with E-state index in [-0.39, 0.29) is 12.5 Å². The summed E-state index contributed by atoms with van der Waals surface area (Å²) in [7, 11) is 0. The van der Waals surface area contributed by atoms with Crippen molar-refractivity contribution in [3.05, 3.63) is 24.3 Å². The van der Waals surface area contributed by atoms with Gasteiger partial charge in [0, 0.05) is 6.42 Å². The number of rotatable bonds is 29. The lowest BCUT2D eigenvalue weighted by Crippen LogP contribution is -2.60. The Morgan fingerprint density at radius 2 is 1.24 bits per heavy atom. The smallest absolute Gasteiger partial charge is 0.220 e. The molecule has 0 radical (unpaired) electrons. The van der Waals surface area contributed by atoms with Crippen molar-refractivity contribution in [3.63, 3.8) is 0 Å². The molecule has 7 atom stereocenters. The van der Waals surface area contributed by atoms with Crippen molar-refractivity contribution < 1.29 is 39.8 Å². The SMILES string of the molecule is CCCCCCCCCCCCCCCCC/C=C/CC/C=C/C(O)C(COC1OC(CO)C(O)C(O)C1O)NC(=O)CCCC. The first-order valence-electron chi connectivity index (χ1n) is 18.6. The van der Waals surface area contributed by atoms with E-state index in [2.05, 4.69) is 24.4 Å². The van der Waals surface area contributed by atoms with Gasteiger partial charge in [-0.2, -0.15) is 0 Å². The number of carbonyl (C=O) groups is 1. The van der Waals surface area contributed by atoms with Crippen molar-refractivity contribution in [3.8, 4) is 0 Å². The van der Waals surface area contributed by atoms with Crippen LogP contribution in [0, 0.1) is 0 Å². The predicted molar refractivity (Wildman–Crippen MR) is 184 cm³/mol. The van der Waals surface area contributed by atoms with Crippen molar-refractivity contribution >= 4 is 5.91 Å². The van der Waals surface area contributed by atoms with Crippen LogP contribution in [0.25, 0.3) is 0 Å². The van der Waals surface area contributed by atoms with Gasteiger partial charge in [-0.25, -0.2) is 0 Å². The van der Waals surface area contributed by atoms with Gasteiger partial charge in [0.1, 0.15) is 24.4 Å². The number of carbonyl (C=O) groups excluding carboxylic acids is 1. The summed E-state index contributed by atoms with van der Waals surface area (Å²) in [4.78, 5) is 12.4. The number of allylic oxidation sites excluding steroid dienone is 3. The normalized spacial score (nSPS) is 23.3. The molecular weight excluding hydrogens is 586 g/mol. The van der Waals surface area contributed by atoms with Crippen molar-refractivity contribution in [1.29, 1.82) is 0 Å². The third-order valence-electron chi connectivity index (χ3n) is 8.78. The molecule has 0 spiro atoms. The second kappa shape index (κ2) is 28.7. The maximum Gasteiger partial charge on any atom is 0.220 e. The van der Waals surface area contributed by atoms with Gasteiger partial charge in [-0.15, -0.1) is 0 Å². The molecule has 1 aliphatic rings. The van der Waals surface area contributed by atoms with Gasteiger partial charge in [0.05, 0.1) is 25.4 Å². The summed E-state index contributed by atoms with van der Waals surface area (Å²) in [6.07, 6.45) is 24.9. The van der Waals surface area contributed by atoms with Crippen LogP contribution in [-0.2, 0) is 14.3 Å². The molecule has 1 saturated heterocycles. The molecule has 7 unspecified atom stereocenters. The standard InChI is InChI=1S/C37H69NO8/c1-3-5-7-8-9-10-11-12-13-14-15-16-17-18-19-20-21-22-23-24-25-26-31(40)30(38-33(41)27-6-4-2)29-45-37-36(44)35(43)34(42)32(28-39)46-37/h21-22,25-26,30-32,34-37,39-40,42-44H,3-20,23-24,27-29H2,1-2H3,(H,38,41)/b22-21+,26-25+. The zero-order chi connectivity index (χ0) is 33.8. The van der Waals surface area contributed by atoms with Crippen LogP contribution in [0.4, 0.5) is 0 Å². The van der Waals surface area contributed by atoms with E-state index in [9.17, 15) is 30.3 Å². The van der Waals surface area contributed by atoms with Crippen LogP contribution in [0.5, 0.6) is 0 Å². The van der Waals surface area contributed by atoms with E-state index in [0.717, 1.165) is 25.7 Å². The molecule has 1 rings (SSSR count). The topological polar surface area (TPSA) is 149 Å². The number of hydrogen-bond acceptors (Lipinski definition) is 8. The number of nitrogens with one attached hydrogen (secondary N) is 1. The van der Waals surface area contributed by atoms with E-state index in [1.165, 1.54) is 96.3 Å². The molecule has 0 aromatic carbocycles. The van der Waals surface area contributed by atoms with E-state index in [1.54, 1.807) is 6.08 Å². The van der Waals surface area contributed by atoms with E-state index in [4.69, 9.17) is 9.47 Å². The second-order valence-electron chi connectivity index (χ2n) is 13.0. The van der Waals surface area contributed by atoms with E-state index in [0.29, 0.717) is 12.8 Å². The Hall–Kier alpha value is -1.33. The Morgan fingerprint density at radius 3 is 1.80 bits per heavy atom. The highest BCUT2D eigenvalue weighted by Crippen LogP contribution is 2.22. The Labute approximate surface area is 279 Å². The van der Waals surface area contributed by atoms with Crippen LogP contribution in [0.2, 0.25) is 0 Å². The largest absolute Gasteiger partial charge is 0.394 e. The zero-order valence-electron chi connectivity index (χ0n) is 29.1. The van der Waals surface area contributed by atoms with Crippen LogP contribution >= 0.6 is 0 Å². The number of ether oxygens (including phenoxy) is 2. The quantitative estimate of drug-likeness (QED) is 0.0425. The lowest BCUT2D eigenvalue weighted by molar-refractivity contribution is -0.302. The summed E-state index contributed by atoms with van der Waals surface area (Å²) in [5.74, 6) is -0.224. The molecule has 6 N–H and O–H groups in total. The molecule has 270 valence electrons. The van der Waals surface area contributed by atoms with Crippen molar-refractivity contribution in [2.45, 2.75) is 192 Å². The number of amides is 1. The maximum absolute atomic E-state index is 12.4. The molecular formula is C37H69NO8. The third kappa shape index (κ3) is 20.1. The van der Waals surface area contributed by atoms with Gasteiger partial charge in [-0.3, -0.25) is 4.79 Å². The average molecular weight is 656 g/mol. The van der Waals surface area contributed by atoms with Gasteiger partial charge in [-0.1, -0.05) is 134 Å². The third-order valence-corrected chi connectivity index (χ3v) is 8.78. The summed E-state index contributed by atoms with van der Waals surface area (Å²) in [5, 5.41) is 53.2. The summed E-state index contributed by atoms with van der Waals surface area (Å²) < 4.78 is 11.0. The lowest BCUT2D eigenvalue weighted by Gasteiger charge is -2.40. The number of aliphatic hydroxyl groups is 5. The molecule has 1 heterocycles. The molecule has 0 aliphatic carbocycles. The first-order chi connectivity index (χ1) is 22.3. The van der Waals surface area contributed by atoms with Crippen molar-refractivity contribution in [2.75, 3.05) is 13.2 Å². The van der Waals surface area contributed by atoms with Gasteiger partial charge < -0.3 is 40.3 Å². The van der Waals surface area contributed by atoms with Crippen LogP contribution in [-0.4, -0.2) is 87.5 Å². The number of hydrogen-bond donors (Lipinski definition) is 6. The number of aliphatic hydroxyl groups excluding tert-OH is 5. The molecule has 0 aromatic rings. The molecule has 0 saturated carbocycles. The van der Waals surface area contributed by atoms with E-state index < -0.39 is 49.5 Å². The van der Waals surface area contributed by atoms with Crippen LogP contribution in [0.3, 0.4) is 0 Å². The Bertz CT molecular complexity index is 776. The molecule has 46 heavy (non-hydrogen) atoms. The van der Waals surface area contributed by atoms with Crippen LogP contribution in [0.15, 0.2) is 24.3 Å².